The van der Waals surface area contributed by atoms with E-state index < -0.39 is 29.1 Å². The molecule has 0 aliphatic rings. The van der Waals surface area contributed by atoms with Gasteiger partial charge in [0.1, 0.15) is 0 Å². The van der Waals surface area contributed by atoms with Crippen molar-refractivity contribution in [3.05, 3.63) is 35.4 Å². The Balaban J connectivity index is 0.00000400. The Hall–Kier alpha value is -1.27. The summed E-state index contributed by atoms with van der Waals surface area (Å²) in [5.41, 5.74) is 4.49. The number of rotatable bonds is 3. The van der Waals surface area contributed by atoms with Gasteiger partial charge in [0.25, 0.3) is 0 Å². The van der Waals surface area contributed by atoms with Crippen molar-refractivity contribution in [3.63, 3.8) is 0 Å². The Morgan fingerprint density at radius 1 is 1.29 bits per heavy atom. The van der Waals surface area contributed by atoms with Crippen LogP contribution in [0.1, 0.15) is 37.9 Å². The van der Waals surface area contributed by atoms with Gasteiger partial charge < -0.3 is 11.1 Å². The predicted molar refractivity (Wildman–Crippen MR) is 78.1 cm³/mol. The first-order valence-corrected chi connectivity index (χ1v) is 6.22. The van der Waals surface area contributed by atoms with Gasteiger partial charge in [-0.3, -0.25) is 4.79 Å². The molecule has 0 aromatic heterocycles. The molecule has 0 fully saturated rings. The van der Waals surface area contributed by atoms with Crippen molar-refractivity contribution in [1.29, 1.82) is 0 Å². The molecular weight excluding hydrogens is 305 g/mol. The van der Waals surface area contributed by atoms with Gasteiger partial charge in [0.05, 0.1) is 18.2 Å². The molecule has 0 aliphatic carbocycles. The first-order valence-electron chi connectivity index (χ1n) is 6.22. The third-order valence-electron chi connectivity index (χ3n) is 2.90. The normalized spacial score (nSPS) is 13.3. The largest absolute Gasteiger partial charge is 0.416 e. The average molecular weight is 325 g/mol. The summed E-state index contributed by atoms with van der Waals surface area (Å²) in [6.45, 7) is 5.32. The van der Waals surface area contributed by atoms with Crippen LogP contribution in [0.3, 0.4) is 0 Å². The summed E-state index contributed by atoms with van der Waals surface area (Å²) < 4.78 is 38.2. The quantitative estimate of drug-likeness (QED) is 0.896. The van der Waals surface area contributed by atoms with Crippen LogP contribution in [0, 0.1) is 5.41 Å². The summed E-state index contributed by atoms with van der Waals surface area (Å²) in [6, 6.07) is 4.44. The smallest absolute Gasteiger partial charge is 0.348 e. The minimum absolute atomic E-state index is 0. The van der Waals surface area contributed by atoms with Crippen LogP contribution in [0.4, 0.5) is 13.2 Å². The molecule has 1 amide bonds. The lowest BCUT2D eigenvalue weighted by Crippen LogP contribution is -2.39. The van der Waals surface area contributed by atoms with E-state index in [2.05, 4.69) is 5.32 Å². The summed E-state index contributed by atoms with van der Waals surface area (Å²) >= 11 is 0. The highest BCUT2D eigenvalue weighted by Crippen LogP contribution is 2.36. The van der Waals surface area contributed by atoms with E-state index >= 15 is 0 Å². The van der Waals surface area contributed by atoms with Gasteiger partial charge in [0, 0.05) is 0 Å². The zero-order chi connectivity index (χ0) is 15.6. The molecule has 21 heavy (non-hydrogen) atoms. The van der Waals surface area contributed by atoms with E-state index in [0.29, 0.717) is 5.56 Å². The van der Waals surface area contributed by atoms with Crippen molar-refractivity contribution in [2.45, 2.75) is 33.0 Å². The minimum atomic E-state index is -4.41. The number of hydrogen-bond acceptors (Lipinski definition) is 2. The zero-order valence-electron chi connectivity index (χ0n) is 12.1. The van der Waals surface area contributed by atoms with Crippen molar-refractivity contribution in [1.82, 2.24) is 5.32 Å². The van der Waals surface area contributed by atoms with Crippen LogP contribution >= 0.6 is 12.4 Å². The molecule has 0 heterocycles. The Bertz CT molecular complexity index is 484. The fourth-order valence-corrected chi connectivity index (χ4v) is 1.91. The molecule has 120 valence electrons. The van der Waals surface area contributed by atoms with Gasteiger partial charge in [-0.1, -0.05) is 32.9 Å². The topological polar surface area (TPSA) is 55.1 Å². The average Bonchev–Trinajstić information content (AvgIpc) is 2.33. The van der Waals surface area contributed by atoms with E-state index in [1.807, 2.05) is 20.8 Å². The van der Waals surface area contributed by atoms with E-state index in [0.717, 1.165) is 12.1 Å². The van der Waals surface area contributed by atoms with Gasteiger partial charge in [-0.2, -0.15) is 13.2 Å². The Morgan fingerprint density at radius 3 is 2.29 bits per heavy atom. The van der Waals surface area contributed by atoms with E-state index in [1.54, 1.807) is 6.07 Å². The molecule has 1 aromatic carbocycles. The van der Waals surface area contributed by atoms with Crippen LogP contribution < -0.4 is 11.1 Å². The first kappa shape index (κ1) is 19.7. The number of carbonyl (C=O) groups excluding carboxylic acids is 1. The van der Waals surface area contributed by atoms with Gasteiger partial charge in [0.15, 0.2) is 0 Å². The number of carbonyl (C=O) groups is 1. The number of hydrogen-bond donors (Lipinski definition) is 2. The van der Waals surface area contributed by atoms with Crippen molar-refractivity contribution in [2.24, 2.45) is 11.1 Å². The second-order valence-electron chi connectivity index (χ2n) is 5.69. The summed E-state index contributed by atoms with van der Waals surface area (Å²) in [4.78, 5) is 11.5. The van der Waals surface area contributed by atoms with Gasteiger partial charge in [-0.05, 0) is 23.1 Å². The van der Waals surface area contributed by atoms with Gasteiger partial charge in [-0.25, -0.2) is 0 Å². The fourth-order valence-electron chi connectivity index (χ4n) is 1.91. The molecule has 3 nitrogen and oxygen atoms in total. The van der Waals surface area contributed by atoms with Crippen molar-refractivity contribution in [3.8, 4) is 0 Å². The van der Waals surface area contributed by atoms with Crippen LogP contribution in [-0.4, -0.2) is 12.5 Å². The first-order chi connectivity index (χ1) is 9.05. The molecule has 0 saturated heterocycles. The molecule has 1 aromatic rings. The number of nitrogens with one attached hydrogen (secondary N) is 1. The Morgan fingerprint density at radius 2 is 1.86 bits per heavy atom. The molecule has 1 atom stereocenters. The monoisotopic (exact) mass is 324 g/mol. The fraction of sp³-hybridized carbons (Fsp3) is 0.500. The molecule has 0 bridgehead atoms. The molecule has 3 N–H and O–H groups in total. The predicted octanol–water partition coefficient (Wildman–Crippen LogP) is 3.29. The highest BCUT2D eigenvalue weighted by Gasteiger charge is 2.33. The maximum atomic E-state index is 12.7. The molecule has 0 spiro atoms. The van der Waals surface area contributed by atoms with E-state index in [9.17, 15) is 18.0 Å². The lowest BCUT2D eigenvalue weighted by atomic mass is 9.82. The second kappa shape index (κ2) is 7.13. The highest BCUT2D eigenvalue weighted by molar-refractivity contribution is 5.85. The van der Waals surface area contributed by atoms with E-state index in [-0.39, 0.29) is 19.0 Å². The third-order valence-corrected chi connectivity index (χ3v) is 2.90. The van der Waals surface area contributed by atoms with Crippen molar-refractivity contribution in [2.75, 3.05) is 6.54 Å². The number of nitrogens with two attached hydrogens (primary N) is 1. The highest BCUT2D eigenvalue weighted by atomic mass is 35.5. The summed E-state index contributed by atoms with van der Waals surface area (Å²) in [5.74, 6) is -0.401. The summed E-state index contributed by atoms with van der Waals surface area (Å²) in [7, 11) is 0. The van der Waals surface area contributed by atoms with Gasteiger partial charge in [0.2, 0.25) is 5.91 Å². The molecule has 0 saturated carbocycles. The summed E-state index contributed by atoms with van der Waals surface area (Å²) in [6.07, 6.45) is -4.41. The number of alkyl halides is 3. The van der Waals surface area contributed by atoms with Crippen LogP contribution in [0.15, 0.2) is 24.3 Å². The molecule has 7 heteroatoms. The zero-order valence-corrected chi connectivity index (χ0v) is 12.9. The molecule has 0 aliphatic heterocycles. The van der Waals surface area contributed by atoms with Crippen LogP contribution in [0.2, 0.25) is 0 Å². The number of benzene rings is 1. The van der Waals surface area contributed by atoms with Gasteiger partial charge in [-0.15, -0.1) is 12.4 Å². The van der Waals surface area contributed by atoms with Crippen molar-refractivity contribution >= 4 is 18.3 Å². The van der Waals surface area contributed by atoms with Crippen LogP contribution in [0.25, 0.3) is 0 Å². The van der Waals surface area contributed by atoms with Gasteiger partial charge >= 0.3 is 6.18 Å². The molecule has 0 radical (unpaired) electrons. The van der Waals surface area contributed by atoms with Crippen LogP contribution in [-0.2, 0) is 11.0 Å². The number of amides is 1. The standard InChI is InChI=1S/C14H19F3N2O.ClH/c1-13(2,3)12(19-11(20)8-18)9-5-4-6-10(7-9)14(15,16)17;/h4-7,12H,8,18H2,1-3H3,(H,19,20);1H. The molecule has 1 rings (SSSR count). The molecular formula is C14H20ClF3N2O. The lowest BCUT2D eigenvalue weighted by molar-refractivity contribution is -0.137. The van der Waals surface area contributed by atoms with Crippen molar-refractivity contribution < 1.29 is 18.0 Å². The molecule has 1 unspecified atom stereocenters. The lowest BCUT2D eigenvalue weighted by Gasteiger charge is -2.32. The SMILES string of the molecule is CC(C)(C)C(NC(=O)CN)c1cccc(C(F)(F)F)c1.Cl. The Labute approximate surface area is 128 Å². The number of halogens is 4. The maximum Gasteiger partial charge on any atom is 0.416 e. The second-order valence-corrected chi connectivity index (χ2v) is 5.69. The third kappa shape index (κ3) is 5.55. The Kier molecular flexibility index (Phi) is 6.70. The summed E-state index contributed by atoms with van der Waals surface area (Å²) in [5, 5.41) is 2.67. The van der Waals surface area contributed by atoms with E-state index in [4.69, 9.17) is 5.73 Å². The van der Waals surface area contributed by atoms with E-state index in [1.165, 1.54) is 6.07 Å². The minimum Gasteiger partial charge on any atom is -0.348 e. The maximum absolute atomic E-state index is 12.7. The van der Waals surface area contributed by atoms with Crippen LogP contribution in [0.5, 0.6) is 0 Å².